The van der Waals surface area contributed by atoms with Crippen LogP contribution < -0.4 is 10.2 Å². The van der Waals surface area contributed by atoms with E-state index in [9.17, 15) is 18.5 Å². The smallest absolute Gasteiger partial charge is 0.243 e. The van der Waals surface area contributed by atoms with Gasteiger partial charge < -0.3 is 15.0 Å². The van der Waals surface area contributed by atoms with E-state index in [2.05, 4.69) is 26.2 Å². The second kappa shape index (κ2) is 11.1. The molecule has 1 amide bonds. The quantitative estimate of drug-likeness (QED) is 0.636. The Balaban J connectivity index is 1.38. The standard InChI is InChI=1S/C24H30N6O4S/c1-19-5-6-21(16-22(19)35(32,33)30-12-14-34-15-13-30)27-23(31)18-28-8-3-9-29(11-10-28)24-20(17-25)4-2-7-26-24/h2,4-7,16H,3,8-15,18H2,1H3,(H,27,31). The van der Waals surface area contributed by atoms with E-state index in [1.807, 2.05) is 0 Å². The van der Waals surface area contributed by atoms with Crippen molar-refractivity contribution in [1.29, 1.82) is 5.26 Å². The zero-order valence-corrected chi connectivity index (χ0v) is 20.6. The number of nitriles is 1. The highest BCUT2D eigenvalue weighted by atomic mass is 32.2. The highest BCUT2D eigenvalue weighted by Gasteiger charge is 2.28. The van der Waals surface area contributed by atoms with Crippen LogP contribution in [0.3, 0.4) is 0 Å². The van der Waals surface area contributed by atoms with E-state index in [0.29, 0.717) is 62.0 Å². The van der Waals surface area contributed by atoms with Crippen molar-refractivity contribution in [3.8, 4) is 6.07 Å². The second-order valence-corrected chi connectivity index (χ2v) is 10.6. The molecule has 0 radical (unpaired) electrons. The lowest BCUT2D eigenvalue weighted by atomic mass is 10.2. The van der Waals surface area contributed by atoms with Gasteiger partial charge in [-0.25, -0.2) is 13.4 Å². The lowest BCUT2D eigenvalue weighted by Crippen LogP contribution is -2.40. The van der Waals surface area contributed by atoms with Crippen molar-refractivity contribution in [3.05, 3.63) is 47.7 Å². The van der Waals surface area contributed by atoms with Crippen molar-refractivity contribution >= 4 is 27.4 Å². The fourth-order valence-electron chi connectivity index (χ4n) is 4.36. The topological polar surface area (TPSA) is 119 Å². The number of nitrogens with one attached hydrogen (secondary N) is 1. The van der Waals surface area contributed by atoms with E-state index in [0.717, 1.165) is 19.5 Å². The summed E-state index contributed by atoms with van der Waals surface area (Å²) in [6.07, 6.45) is 2.52. The number of benzene rings is 1. The predicted molar refractivity (Wildman–Crippen MR) is 132 cm³/mol. The Morgan fingerprint density at radius 1 is 1.14 bits per heavy atom. The number of aromatic nitrogens is 1. The van der Waals surface area contributed by atoms with E-state index in [1.54, 1.807) is 37.4 Å². The van der Waals surface area contributed by atoms with Crippen molar-refractivity contribution in [3.63, 3.8) is 0 Å². The molecule has 186 valence electrons. The highest BCUT2D eigenvalue weighted by Crippen LogP contribution is 2.24. The lowest BCUT2D eigenvalue weighted by molar-refractivity contribution is -0.117. The molecule has 11 heteroatoms. The molecule has 2 fully saturated rings. The third kappa shape index (κ3) is 5.97. The molecule has 2 aliphatic rings. The Morgan fingerprint density at radius 3 is 2.71 bits per heavy atom. The summed E-state index contributed by atoms with van der Waals surface area (Å²) in [4.78, 5) is 21.5. The van der Waals surface area contributed by atoms with Crippen LogP contribution in [0.15, 0.2) is 41.4 Å². The largest absolute Gasteiger partial charge is 0.379 e. The molecule has 1 aromatic carbocycles. The second-order valence-electron chi connectivity index (χ2n) is 8.65. The van der Waals surface area contributed by atoms with Gasteiger partial charge in [-0.15, -0.1) is 0 Å². The normalized spacial score (nSPS) is 18.0. The van der Waals surface area contributed by atoms with Crippen molar-refractivity contribution < 1.29 is 17.9 Å². The van der Waals surface area contributed by atoms with Crippen molar-refractivity contribution in [2.45, 2.75) is 18.2 Å². The average Bonchev–Trinajstić information content (AvgIpc) is 3.11. The average molecular weight is 499 g/mol. The van der Waals surface area contributed by atoms with Gasteiger partial charge in [0.2, 0.25) is 15.9 Å². The van der Waals surface area contributed by atoms with Crippen molar-refractivity contribution in [2.75, 3.05) is 69.2 Å². The fraction of sp³-hybridized carbons (Fsp3) is 0.458. The summed E-state index contributed by atoms with van der Waals surface area (Å²) in [5.41, 5.74) is 1.63. The Kier molecular flexibility index (Phi) is 7.97. The number of hydrogen-bond donors (Lipinski definition) is 1. The summed E-state index contributed by atoms with van der Waals surface area (Å²) in [5, 5.41) is 12.2. The van der Waals surface area contributed by atoms with Gasteiger partial charge in [0, 0.05) is 51.2 Å². The Morgan fingerprint density at radius 2 is 1.94 bits per heavy atom. The number of rotatable bonds is 6. The molecule has 0 aliphatic carbocycles. The molecular formula is C24H30N6O4S. The molecule has 2 saturated heterocycles. The molecule has 35 heavy (non-hydrogen) atoms. The van der Waals surface area contributed by atoms with Crippen LogP contribution in [0.2, 0.25) is 0 Å². The van der Waals surface area contributed by atoms with E-state index < -0.39 is 10.0 Å². The molecule has 2 aliphatic heterocycles. The number of carbonyl (C=O) groups excluding carboxylic acids is 1. The molecular weight excluding hydrogens is 468 g/mol. The molecule has 3 heterocycles. The molecule has 0 saturated carbocycles. The molecule has 10 nitrogen and oxygen atoms in total. The molecule has 1 aromatic heterocycles. The third-order valence-corrected chi connectivity index (χ3v) is 8.26. The van der Waals surface area contributed by atoms with E-state index >= 15 is 0 Å². The number of hydrogen-bond acceptors (Lipinski definition) is 8. The maximum absolute atomic E-state index is 13.1. The van der Waals surface area contributed by atoms with E-state index in [1.165, 1.54) is 10.4 Å². The van der Waals surface area contributed by atoms with Gasteiger partial charge >= 0.3 is 0 Å². The highest BCUT2D eigenvalue weighted by molar-refractivity contribution is 7.89. The summed E-state index contributed by atoms with van der Waals surface area (Å²) in [7, 11) is -3.66. The molecule has 0 atom stereocenters. The van der Waals surface area contributed by atoms with Gasteiger partial charge in [-0.05, 0) is 43.2 Å². The van der Waals surface area contributed by atoms with Crippen molar-refractivity contribution in [1.82, 2.24) is 14.2 Å². The number of amides is 1. The number of morpholine rings is 1. The molecule has 0 spiro atoms. The van der Waals surface area contributed by atoms with E-state index in [-0.39, 0.29) is 17.3 Å². The first-order valence-electron chi connectivity index (χ1n) is 11.7. The van der Waals surface area contributed by atoms with E-state index in [4.69, 9.17) is 4.74 Å². The number of ether oxygens (including phenoxy) is 1. The van der Waals surface area contributed by atoms with Crippen LogP contribution in [0.1, 0.15) is 17.5 Å². The summed E-state index contributed by atoms with van der Waals surface area (Å²) < 4.78 is 32.9. The summed E-state index contributed by atoms with van der Waals surface area (Å²) >= 11 is 0. The minimum absolute atomic E-state index is 0.195. The molecule has 0 bridgehead atoms. The Bertz CT molecular complexity index is 1210. The van der Waals surface area contributed by atoms with Crippen LogP contribution in [0.5, 0.6) is 0 Å². The first kappa shape index (κ1) is 25.1. The van der Waals surface area contributed by atoms with Crippen LogP contribution in [0.4, 0.5) is 11.5 Å². The van der Waals surface area contributed by atoms with Crippen LogP contribution >= 0.6 is 0 Å². The number of pyridine rings is 1. The lowest BCUT2D eigenvalue weighted by Gasteiger charge is -2.27. The fourth-order valence-corrected chi connectivity index (χ4v) is 6.02. The third-order valence-electron chi connectivity index (χ3n) is 6.22. The summed E-state index contributed by atoms with van der Waals surface area (Å²) in [6.45, 7) is 6.14. The first-order valence-corrected chi connectivity index (χ1v) is 13.1. The molecule has 4 rings (SSSR count). The van der Waals surface area contributed by atoms with Gasteiger partial charge in [0.25, 0.3) is 0 Å². The Hall–Kier alpha value is -3.04. The molecule has 2 aromatic rings. The van der Waals surface area contributed by atoms with Crippen LogP contribution in [-0.2, 0) is 19.6 Å². The monoisotopic (exact) mass is 498 g/mol. The van der Waals surface area contributed by atoms with Crippen LogP contribution in [0.25, 0.3) is 0 Å². The van der Waals surface area contributed by atoms with Gasteiger partial charge in [-0.1, -0.05) is 6.07 Å². The number of sulfonamides is 1. The maximum atomic E-state index is 13.1. The number of anilines is 2. The van der Waals surface area contributed by atoms with Crippen molar-refractivity contribution in [2.24, 2.45) is 0 Å². The summed E-state index contributed by atoms with van der Waals surface area (Å²) in [6, 6.07) is 10.7. The van der Waals surface area contributed by atoms with Crippen LogP contribution in [0, 0.1) is 18.3 Å². The molecule has 1 N–H and O–H groups in total. The van der Waals surface area contributed by atoms with Gasteiger partial charge in [-0.3, -0.25) is 9.69 Å². The first-order chi connectivity index (χ1) is 16.9. The predicted octanol–water partition coefficient (Wildman–Crippen LogP) is 1.43. The molecule has 0 unspecified atom stereocenters. The zero-order valence-electron chi connectivity index (χ0n) is 19.8. The Labute approximate surface area is 206 Å². The maximum Gasteiger partial charge on any atom is 0.243 e. The number of carbonyl (C=O) groups is 1. The van der Waals surface area contributed by atoms with Gasteiger partial charge in [-0.2, -0.15) is 9.57 Å². The van der Waals surface area contributed by atoms with Gasteiger partial charge in [0.15, 0.2) is 0 Å². The number of aryl methyl sites for hydroxylation is 1. The SMILES string of the molecule is Cc1ccc(NC(=O)CN2CCCN(c3ncccc3C#N)CC2)cc1S(=O)(=O)N1CCOCC1. The van der Waals surface area contributed by atoms with Gasteiger partial charge in [0.1, 0.15) is 11.9 Å². The minimum atomic E-state index is -3.66. The zero-order chi connectivity index (χ0) is 24.8. The number of nitrogens with zero attached hydrogens (tertiary/aromatic N) is 5. The van der Waals surface area contributed by atoms with Gasteiger partial charge in [0.05, 0.1) is 30.2 Å². The summed E-state index contributed by atoms with van der Waals surface area (Å²) in [5.74, 6) is 0.475. The minimum Gasteiger partial charge on any atom is -0.379 e. The van der Waals surface area contributed by atoms with Crippen LogP contribution in [-0.4, -0.2) is 87.5 Å².